The molecule has 1 aromatic rings. The number of amides is 2. The predicted octanol–water partition coefficient (Wildman–Crippen LogP) is 2.30. The van der Waals surface area contributed by atoms with Crippen LogP contribution in [0.15, 0.2) is 11.4 Å². The molecular formula is C18H24N2O3S. The van der Waals surface area contributed by atoms with Crippen LogP contribution in [0.1, 0.15) is 40.9 Å². The van der Waals surface area contributed by atoms with Gasteiger partial charge in [-0.05, 0) is 49.6 Å². The molecule has 0 radical (unpaired) electrons. The van der Waals surface area contributed by atoms with E-state index in [9.17, 15) is 9.59 Å². The van der Waals surface area contributed by atoms with Gasteiger partial charge in [0.15, 0.2) is 0 Å². The summed E-state index contributed by atoms with van der Waals surface area (Å²) in [5.41, 5.74) is 0.593. The van der Waals surface area contributed by atoms with E-state index in [1.807, 2.05) is 28.2 Å². The largest absolute Gasteiger partial charge is 0.377 e. The van der Waals surface area contributed by atoms with Crippen molar-refractivity contribution in [3.63, 3.8) is 0 Å². The Kier molecular flexibility index (Phi) is 4.12. The Labute approximate surface area is 146 Å². The lowest BCUT2D eigenvalue weighted by Crippen LogP contribution is -2.58. The number of aryl methyl sites for hydroxylation is 1. The fourth-order valence-corrected chi connectivity index (χ4v) is 5.22. The summed E-state index contributed by atoms with van der Waals surface area (Å²) in [4.78, 5) is 30.7. The summed E-state index contributed by atoms with van der Waals surface area (Å²) in [6.07, 6.45) is 3.64. The van der Waals surface area contributed by atoms with Gasteiger partial charge in [-0.2, -0.15) is 0 Å². The minimum absolute atomic E-state index is 0.0280. The van der Waals surface area contributed by atoms with Gasteiger partial charge in [0.05, 0.1) is 16.4 Å². The lowest BCUT2D eigenvalue weighted by Gasteiger charge is -2.44. The molecule has 0 saturated carbocycles. The van der Waals surface area contributed by atoms with E-state index in [2.05, 4.69) is 0 Å². The van der Waals surface area contributed by atoms with E-state index in [0.717, 1.165) is 49.2 Å². The van der Waals surface area contributed by atoms with Crippen molar-refractivity contribution in [3.05, 3.63) is 21.9 Å². The fourth-order valence-electron chi connectivity index (χ4n) is 4.36. The van der Waals surface area contributed by atoms with E-state index in [-0.39, 0.29) is 17.9 Å². The lowest BCUT2D eigenvalue weighted by atomic mass is 9.75. The first-order valence-corrected chi connectivity index (χ1v) is 9.73. The molecule has 130 valence electrons. The molecule has 0 unspecified atom stereocenters. The van der Waals surface area contributed by atoms with Gasteiger partial charge in [-0.3, -0.25) is 9.59 Å². The van der Waals surface area contributed by atoms with Crippen molar-refractivity contribution in [1.29, 1.82) is 0 Å². The Hall–Kier alpha value is -1.40. The molecule has 2 amide bonds. The van der Waals surface area contributed by atoms with Crippen LogP contribution < -0.4 is 0 Å². The minimum Gasteiger partial charge on any atom is -0.377 e. The summed E-state index contributed by atoms with van der Waals surface area (Å²) in [6, 6.07) is 1.94. The molecule has 0 bridgehead atoms. The Morgan fingerprint density at radius 3 is 2.75 bits per heavy atom. The van der Waals surface area contributed by atoms with Gasteiger partial charge in [0.1, 0.15) is 0 Å². The molecule has 4 heterocycles. The highest BCUT2D eigenvalue weighted by Crippen LogP contribution is 2.43. The van der Waals surface area contributed by atoms with Crippen LogP contribution in [0, 0.1) is 12.3 Å². The second-order valence-corrected chi connectivity index (χ2v) is 8.18. The summed E-state index contributed by atoms with van der Waals surface area (Å²) < 4.78 is 5.90. The number of fused-ring (bicyclic) bond motifs is 1. The van der Waals surface area contributed by atoms with Crippen molar-refractivity contribution in [3.8, 4) is 0 Å². The van der Waals surface area contributed by atoms with Crippen LogP contribution in [0.5, 0.6) is 0 Å². The quantitative estimate of drug-likeness (QED) is 0.824. The van der Waals surface area contributed by atoms with Gasteiger partial charge in [-0.15, -0.1) is 11.3 Å². The molecule has 3 aliphatic heterocycles. The molecule has 0 aromatic carbocycles. The lowest BCUT2D eigenvalue weighted by molar-refractivity contribution is -0.148. The molecule has 24 heavy (non-hydrogen) atoms. The van der Waals surface area contributed by atoms with E-state index in [1.54, 1.807) is 0 Å². The first-order valence-electron chi connectivity index (χ1n) is 8.85. The zero-order valence-corrected chi connectivity index (χ0v) is 14.9. The molecule has 5 nitrogen and oxygen atoms in total. The Balaban J connectivity index is 1.57. The highest BCUT2D eigenvalue weighted by Gasteiger charge is 2.55. The van der Waals surface area contributed by atoms with Gasteiger partial charge in [-0.25, -0.2) is 0 Å². The number of carbonyl (C=O) groups excluding carboxylic acids is 2. The van der Waals surface area contributed by atoms with E-state index >= 15 is 0 Å². The van der Waals surface area contributed by atoms with Gasteiger partial charge in [0, 0.05) is 32.8 Å². The first-order chi connectivity index (χ1) is 11.6. The Bertz CT molecular complexity index is 652. The van der Waals surface area contributed by atoms with Crippen LogP contribution in [0.25, 0.3) is 0 Å². The van der Waals surface area contributed by atoms with Gasteiger partial charge >= 0.3 is 0 Å². The zero-order valence-electron chi connectivity index (χ0n) is 14.1. The third-order valence-corrected chi connectivity index (χ3v) is 6.70. The summed E-state index contributed by atoms with van der Waals surface area (Å²) in [7, 11) is 0. The SMILES string of the molecule is Cc1csc(C(=O)N2CC[C@H]3OCC[C@@]3(C(=O)N3CCCC3)C2)c1. The number of thiophene rings is 1. The van der Waals surface area contributed by atoms with Gasteiger partial charge < -0.3 is 14.5 Å². The first kappa shape index (κ1) is 16.1. The molecule has 2 atom stereocenters. The molecule has 0 aliphatic carbocycles. The summed E-state index contributed by atoms with van der Waals surface area (Å²) in [6.45, 7) is 5.52. The van der Waals surface area contributed by atoms with Crippen molar-refractivity contribution in [1.82, 2.24) is 9.80 Å². The third-order valence-electron chi connectivity index (χ3n) is 5.67. The number of hydrogen-bond acceptors (Lipinski definition) is 4. The van der Waals surface area contributed by atoms with Crippen molar-refractivity contribution >= 4 is 23.2 Å². The maximum Gasteiger partial charge on any atom is 0.263 e. The average molecular weight is 348 g/mol. The number of ether oxygens (including phenoxy) is 1. The van der Waals surface area contributed by atoms with Crippen LogP contribution >= 0.6 is 11.3 Å². The number of piperidine rings is 1. The van der Waals surface area contributed by atoms with Crippen molar-refractivity contribution in [2.45, 2.75) is 38.7 Å². The van der Waals surface area contributed by atoms with Crippen LogP contribution in [0.3, 0.4) is 0 Å². The van der Waals surface area contributed by atoms with Gasteiger partial charge in [-0.1, -0.05) is 0 Å². The predicted molar refractivity (Wildman–Crippen MR) is 92.2 cm³/mol. The molecule has 4 rings (SSSR count). The third kappa shape index (κ3) is 2.56. The van der Waals surface area contributed by atoms with Crippen LogP contribution in [-0.4, -0.2) is 60.5 Å². The molecule has 3 fully saturated rings. The summed E-state index contributed by atoms with van der Waals surface area (Å²) >= 11 is 1.49. The molecule has 3 aliphatic rings. The Morgan fingerprint density at radius 2 is 2.04 bits per heavy atom. The maximum absolute atomic E-state index is 13.2. The number of likely N-dealkylation sites (tertiary alicyclic amines) is 2. The molecule has 0 spiro atoms. The van der Waals surface area contributed by atoms with Crippen LogP contribution in [-0.2, 0) is 9.53 Å². The van der Waals surface area contributed by atoms with Crippen molar-refractivity contribution < 1.29 is 14.3 Å². The molecule has 1 aromatic heterocycles. The van der Waals surface area contributed by atoms with Crippen LogP contribution in [0.4, 0.5) is 0 Å². The number of carbonyl (C=O) groups is 2. The number of rotatable bonds is 2. The van der Waals surface area contributed by atoms with Crippen molar-refractivity contribution in [2.24, 2.45) is 5.41 Å². The highest BCUT2D eigenvalue weighted by atomic mass is 32.1. The van der Waals surface area contributed by atoms with Crippen molar-refractivity contribution in [2.75, 3.05) is 32.8 Å². The van der Waals surface area contributed by atoms with E-state index in [4.69, 9.17) is 4.74 Å². The van der Waals surface area contributed by atoms with E-state index in [0.29, 0.717) is 19.7 Å². The summed E-state index contributed by atoms with van der Waals surface area (Å²) in [5.74, 6) is 0.273. The smallest absolute Gasteiger partial charge is 0.263 e. The maximum atomic E-state index is 13.2. The van der Waals surface area contributed by atoms with E-state index in [1.165, 1.54) is 11.3 Å². The number of nitrogens with zero attached hydrogens (tertiary/aromatic N) is 2. The molecular weight excluding hydrogens is 324 g/mol. The summed E-state index contributed by atoms with van der Waals surface area (Å²) in [5, 5.41) is 2.00. The molecule has 0 N–H and O–H groups in total. The molecule has 6 heteroatoms. The highest BCUT2D eigenvalue weighted by molar-refractivity contribution is 7.12. The van der Waals surface area contributed by atoms with Gasteiger partial charge in [0.25, 0.3) is 5.91 Å². The fraction of sp³-hybridized carbons (Fsp3) is 0.667. The normalized spacial score (nSPS) is 29.8. The average Bonchev–Trinajstić information content (AvgIpc) is 3.33. The molecule has 3 saturated heterocycles. The second-order valence-electron chi connectivity index (χ2n) is 7.27. The minimum atomic E-state index is -0.523. The zero-order chi connectivity index (χ0) is 16.7. The second kappa shape index (κ2) is 6.15. The standard InChI is InChI=1S/C18H24N2O3S/c1-13-10-14(24-11-13)16(21)20-8-4-15-18(12-20,5-9-23-15)17(22)19-6-2-3-7-19/h10-11,15H,2-9,12H2,1H3/t15-,18-/m1/s1. The monoisotopic (exact) mass is 348 g/mol. The number of hydrogen-bond donors (Lipinski definition) is 0. The van der Waals surface area contributed by atoms with Crippen LogP contribution in [0.2, 0.25) is 0 Å². The Morgan fingerprint density at radius 1 is 1.25 bits per heavy atom. The topological polar surface area (TPSA) is 49.9 Å². The van der Waals surface area contributed by atoms with E-state index < -0.39 is 5.41 Å². The van der Waals surface area contributed by atoms with Gasteiger partial charge in [0.2, 0.25) is 5.91 Å².